The molecule has 6 nitrogen and oxygen atoms in total. The zero-order chi connectivity index (χ0) is 19.1. The van der Waals surface area contributed by atoms with Crippen molar-refractivity contribution >= 4 is 12.2 Å². The van der Waals surface area contributed by atoms with E-state index in [9.17, 15) is 14.6 Å². The minimum Gasteiger partial charge on any atom is -0.438 e. The quantitative estimate of drug-likeness (QED) is 0.794. The lowest BCUT2D eigenvalue weighted by Gasteiger charge is -2.25. The molecule has 1 fully saturated rings. The molecule has 4 unspecified atom stereocenters. The summed E-state index contributed by atoms with van der Waals surface area (Å²) in [6, 6.07) is 7.35. The summed E-state index contributed by atoms with van der Waals surface area (Å²) in [7, 11) is 0. The summed E-state index contributed by atoms with van der Waals surface area (Å²) in [6.07, 6.45) is -2.18. The van der Waals surface area contributed by atoms with Gasteiger partial charge in [-0.05, 0) is 44.1 Å². The Morgan fingerprint density at radius 3 is 2.54 bits per heavy atom. The molecule has 26 heavy (non-hydrogen) atoms. The number of aliphatic hydroxyl groups excluding tert-OH is 2. The molecule has 0 saturated carbocycles. The second-order valence-corrected chi connectivity index (χ2v) is 6.95. The van der Waals surface area contributed by atoms with Gasteiger partial charge in [-0.2, -0.15) is 4.98 Å². The highest BCUT2D eigenvalue weighted by Crippen LogP contribution is 2.41. The van der Waals surface area contributed by atoms with Gasteiger partial charge in [-0.25, -0.2) is 4.39 Å². The number of ether oxygens (including phenoxy) is 2. The summed E-state index contributed by atoms with van der Waals surface area (Å²) < 4.78 is 27.6. The number of alkyl halides is 1. The molecule has 2 N–H and O–H groups in total. The first-order valence-electron chi connectivity index (χ1n) is 8.22. The number of aliphatic hydroxyl groups is 2. The monoisotopic (exact) mass is 380 g/mol. The van der Waals surface area contributed by atoms with Crippen LogP contribution in [0.1, 0.15) is 24.3 Å². The highest BCUT2D eigenvalue weighted by Gasteiger charge is 2.54. The highest BCUT2D eigenvalue weighted by molar-refractivity contribution is 7.71. The van der Waals surface area contributed by atoms with Crippen molar-refractivity contribution in [3.63, 3.8) is 0 Å². The molecule has 2 aromatic rings. The topological polar surface area (TPSA) is 76.7 Å². The average molecular weight is 380 g/mol. The zero-order valence-electron chi connectivity index (χ0n) is 14.7. The summed E-state index contributed by atoms with van der Waals surface area (Å²) in [5.41, 5.74) is -0.208. The minimum absolute atomic E-state index is 0.0494. The average Bonchev–Trinajstić information content (AvgIpc) is 2.81. The summed E-state index contributed by atoms with van der Waals surface area (Å²) >= 11 is 5.26. The van der Waals surface area contributed by atoms with Crippen LogP contribution in [0.25, 0.3) is 0 Å². The van der Waals surface area contributed by atoms with Gasteiger partial charge in [-0.15, -0.1) is 0 Å². The number of halogens is 1. The molecule has 0 radical (unpaired) electrons. The molecule has 0 bridgehead atoms. The Morgan fingerprint density at radius 1 is 1.35 bits per heavy atom. The van der Waals surface area contributed by atoms with Crippen molar-refractivity contribution in [3.05, 3.63) is 46.4 Å². The predicted molar refractivity (Wildman–Crippen MR) is 95.6 cm³/mol. The molecular formula is C18H21FN2O4S. The summed E-state index contributed by atoms with van der Waals surface area (Å²) in [5, 5.41) is 19.2. The molecule has 3 rings (SSSR count). The minimum atomic E-state index is -2.12. The lowest BCUT2D eigenvalue weighted by molar-refractivity contribution is -0.0601. The molecule has 1 saturated heterocycles. The number of aryl methyl sites for hydroxylation is 2. The van der Waals surface area contributed by atoms with Crippen LogP contribution in [0.5, 0.6) is 11.6 Å². The number of nitrogens with zero attached hydrogens (tertiary/aromatic N) is 2. The maximum Gasteiger partial charge on any atom is 0.223 e. The SMILES string of the molecule is Cc1cccc(C)c1Oc1ccn(C2OC(CO)C(O)C2(C)F)c(=S)n1. The molecular weight excluding hydrogens is 359 g/mol. The van der Waals surface area contributed by atoms with Gasteiger partial charge in [0.2, 0.25) is 10.7 Å². The van der Waals surface area contributed by atoms with E-state index in [1.807, 2.05) is 32.0 Å². The molecule has 4 atom stereocenters. The van der Waals surface area contributed by atoms with Gasteiger partial charge < -0.3 is 19.7 Å². The van der Waals surface area contributed by atoms with Crippen molar-refractivity contribution in [2.75, 3.05) is 6.61 Å². The number of rotatable bonds is 4. The van der Waals surface area contributed by atoms with E-state index in [4.69, 9.17) is 21.7 Å². The van der Waals surface area contributed by atoms with Crippen LogP contribution in [0.2, 0.25) is 0 Å². The zero-order valence-corrected chi connectivity index (χ0v) is 15.5. The first-order valence-corrected chi connectivity index (χ1v) is 8.63. The van der Waals surface area contributed by atoms with Crippen molar-refractivity contribution < 1.29 is 24.1 Å². The molecule has 2 heterocycles. The summed E-state index contributed by atoms with van der Waals surface area (Å²) in [4.78, 5) is 4.20. The molecule has 8 heteroatoms. The molecule has 1 aromatic heterocycles. The van der Waals surface area contributed by atoms with Crippen LogP contribution in [0, 0.1) is 18.6 Å². The summed E-state index contributed by atoms with van der Waals surface area (Å²) in [6.45, 7) is 4.57. The predicted octanol–water partition coefficient (Wildman–Crippen LogP) is 3.00. The molecule has 0 spiro atoms. The number of benzene rings is 1. The van der Waals surface area contributed by atoms with Crippen LogP contribution >= 0.6 is 12.2 Å². The summed E-state index contributed by atoms with van der Waals surface area (Å²) in [5.74, 6) is 0.969. The maximum absolute atomic E-state index is 14.9. The molecule has 0 aliphatic carbocycles. The van der Waals surface area contributed by atoms with Crippen LogP contribution in [-0.2, 0) is 4.74 Å². The van der Waals surface area contributed by atoms with Crippen LogP contribution in [-0.4, -0.2) is 44.2 Å². The fraction of sp³-hybridized carbons (Fsp3) is 0.444. The van der Waals surface area contributed by atoms with Gasteiger partial charge in [0, 0.05) is 12.3 Å². The highest BCUT2D eigenvalue weighted by atomic mass is 32.1. The normalized spacial score (nSPS) is 28.3. The first-order chi connectivity index (χ1) is 12.3. The van der Waals surface area contributed by atoms with E-state index < -0.39 is 30.7 Å². The lowest BCUT2D eigenvalue weighted by atomic mass is 9.99. The van der Waals surface area contributed by atoms with Gasteiger partial charge in [0.1, 0.15) is 18.0 Å². The molecule has 1 aliphatic rings. The maximum atomic E-state index is 14.9. The van der Waals surface area contributed by atoms with E-state index in [0.717, 1.165) is 11.1 Å². The van der Waals surface area contributed by atoms with Crippen molar-refractivity contribution in [3.8, 4) is 11.6 Å². The third kappa shape index (κ3) is 3.25. The van der Waals surface area contributed by atoms with Gasteiger partial charge >= 0.3 is 0 Å². The van der Waals surface area contributed by atoms with Crippen molar-refractivity contribution in [2.24, 2.45) is 0 Å². The Morgan fingerprint density at radius 2 is 2.00 bits per heavy atom. The fourth-order valence-electron chi connectivity index (χ4n) is 3.06. The first kappa shape index (κ1) is 18.9. The third-order valence-electron chi connectivity index (χ3n) is 4.57. The Kier molecular flexibility index (Phi) is 5.12. The van der Waals surface area contributed by atoms with Gasteiger partial charge in [0.05, 0.1) is 6.61 Å². The Bertz CT molecular complexity index is 850. The molecule has 1 aromatic carbocycles. The smallest absolute Gasteiger partial charge is 0.223 e. The van der Waals surface area contributed by atoms with E-state index in [1.54, 1.807) is 6.07 Å². The largest absolute Gasteiger partial charge is 0.438 e. The van der Waals surface area contributed by atoms with E-state index >= 15 is 0 Å². The lowest BCUT2D eigenvalue weighted by Crippen LogP contribution is -2.40. The van der Waals surface area contributed by atoms with Gasteiger partial charge in [-0.3, -0.25) is 4.57 Å². The van der Waals surface area contributed by atoms with E-state index in [1.165, 1.54) is 17.7 Å². The molecule has 0 amide bonds. The van der Waals surface area contributed by atoms with E-state index in [0.29, 0.717) is 5.75 Å². The van der Waals surface area contributed by atoms with Crippen LogP contribution in [0.3, 0.4) is 0 Å². The Balaban J connectivity index is 1.90. The number of para-hydroxylation sites is 1. The van der Waals surface area contributed by atoms with Gasteiger partial charge in [0.25, 0.3) is 0 Å². The van der Waals surface area contributed by atoms with Crippen molar-refractivity contribution in [2.45, 2.75) is 44.9 Å². The van der Waals surface area contributed by atoms with Crippen LogP contribution in [0.4, 0.5) is 4.39 Å². The van der Waals surface area contributed by atoms with Crippen LogP contribution < -0.4 is 4.74 Å². The van der Waals surface area contributed by atoms with Crippen LogP contribution in [0.15, 0.2) is 30.5 Å². The second-order valence-electron chi connectivity index (χ2n) is 6.58. The third-order valence-corrected chi connectivity index (χ3v) is 4.87. The standard InChI is InChI=1S/C18H21FN2O4S/c1-10-5-4-6-11(2)14(10)25-13-7-8-21(17(26)20-13)16-18(3,19)15(23)12(9-22)24-16/h4-8,12,15-16,22-23H,9H2,1-3H3. The van der Waals surface area contributed by atoms with Gasteiger partial charge in [0.15, 0.2) is 11.9 Å². The Labute approximate surface area is 155 Å². The number of hydrogen-bond donors (Lipinski definition) is 2. The van der Waals surface area contributed by atoms with E-state index in [2.05, 4.69) is 4.98 Å². The van der Waals surface area contributed by atoms with Crippen molar-refractivity contribution in [1.82, 2.24) is 9.55 Å². The number of hydrogen-bond acceptors (Lipinski definition) is 6. The molecule has 140 valence electrons. The van der Waals surface area contributed by atoms with E-state index in [-0.39, 0.29) is 10.7 Å². The number of aromatic nitrogens is 2. The molecule has 1 aliphatic heterocycles. The van der Waals surface area contributed by atoms with Crippen molar-refractivity contribution in [1.29, 1.82) is 0 Å². The fourth-order valence-corrected chi connectivity index (χ4v) is 3.31. The Hall–Kier alpha value is -1.87. The second kappa shape index (κ2) is 7.03. The van der Waals surface area contributed by atoms with Gasteiger partial charge in [-0.1, -0.05) is 18.2 Å².